The zero-order valence-corrected chi connectivity index (χ0v) is 12.0. The average molecular weight is 272 g/mol. The van der Waals surface area contributed by atoms with Crippen molar-refractivity contribution in [3.63, 3.8) is 0 Å². The molecule has 0 bridgehead atoms. The van der Waals surface area contributed by atoms with E-state index in [1.54, 1.807) is 7.11 Å². The van der Waals surface area contributed by atoms with E-state index >= 15 is 0 Å². The summed E-state index contributed by atoms with van der Waals surface area (Å²) >= 11 is 0. The molecule has 1 saturated heterocycles. The molecule has 2 heterocycles. The summed E-state index contributed by atoms with van der Waals surface area (Å²) in [5.41, 5.74) is 2.72. The highest BCUT2D eigenvalue weighted by Gasteiger charge is 2.23. The number of rotatable bonds is 2. The molecule has 1 fully saturated rings. The Morgan fingerprint density at radius 2 is 2.00 bits per heavy atom. The Morgan fingerprint density at radius 1 is 1.25 bits per heavy atom. The molecule has 1 aliphatic heterocycles. The first kappa shape index (κ1) is 13.0. The molecule has 0 saturated carbocycles. The molecule has 0 unspecified atom stereocenters. The van der Waals surface area contributed by atoms with Crippen LogP contribution < -0.4 is 4.74 Å². The van der Waals surface area contributed by atoms with Crippen LogP contribution in [0.1, 0.15) is 35.3 Å². The van der Waals surface area contributed by atoms with Gasteiger partial charge in [-0.3, -0.25) is 4.79 Å². The number of methoxy groups -OCH3 is 1. The lowest BCUT2D eigenvalue weighted by molar-refractivity contribution is 0.0725. The Hall–Kier alpha value is -1.97. The number of hydrogen-bond acceptors (Lipinski definition) is 2. The molecule has 3 rings (SSSR count). The third-order valence-electron chi connectivity index (χ3n) is 4.05. The van der Waals surface area contributed by atoms with Gasteiger partial charge in [-0.25, -0.2) is 0 Å². The number of piperidine rings is 1. The molecule has 4 heteroatoms. The number of nitrogens with one attached hydrogen (secondary N) is 1. The zero-order valence-electron chi connectivity index (χ0n) is 12.0. The summed E-state index contributed by atoms with van der Waals surface area (Å²) in [5.74, 6) is 0.922. The van der Waals surface area contributed by atoms with Crippen molar-refractivity contribution < 1.29 is 9.53 Å². The van der Waals surface area contributed by atoms with E-state index in [2.05, 4.69) is 4.98 Å². The summed E-state index contributed by atoms with van der Waals surface area (Å²) in [7, 11) is 1.65. The number of H-pyrrole nitrogens is 1. The van der Waals surface area contributed by atoms with Crippen molar-refractivity contribution in [2.75, 3.05) is 20.2 Å². The SMILES string of the molecule is COc1ccc2[nH]c(C)c(C(=O)N3CCCCC3)c2c1. The van der Waals surface area contributed by atoms with E-state index in [0.717, 1.165) is 53.8 Å². The molecule has 1 aromatic carbocycles. The molecule has 20 heavy (non-hydrogen) atoms. The summed E-state index contributed by atoms with van der Waals surface area (Å²) in [6.07, 6.45) is 3.44. The first-order valence-electron chi connectivity index (χ1n) is 7.16. The van der Waals surface area contributed by atoms with Gasteiger partial charge in [0.1, 0.15) is 5.75 Å². The number of benzene rings is 1. The van der Waals surface area contributed by atoms with Crippen molar-refractivity contribution in [1.82, 2.24) is 9.88 Å². The summed E-state index contributed by atoms with van der Waals surface area (Å²) in [4.78, 5) is 18.0. The monoisotopic (exact) mass is 272 g/mol. The van der Waals surface area contributed by atoms with Crippen LogP contribution in [0.5, 0.6) is 5.75 Å². The number of aryl methyl sites for hydroxylation is 1. The highest BCUT2D eigenvalue weighted by atomic mass is 16.5. The number of likely N-dealkylation sites (tertiary alicyclic amines) is 1. The maximum absolute atomic E-state index is 12.8. The van der Waals surface area contributed by atoms with Crippen molar-refractivity contribution in [2.45, 2.75) is 26.2 Å². The molecule has 0 aliphatic carbocycles. The molecule has 0 atom stereocenters. The normalized spacial score (nSPS) is 15.6. The number of amides is 1. The fraction of sp³-hybridized carbons (Fsp3) is 0.438. The van der Waals surface area contributed by atoms with E-state index < -0.39 is 0 Å². The molecule has 1 aliphatic rings. The minimum absolute atomic E-state index is 0.140. The number of nitrogens with zero attached hydrogens (tertiary/aromatic N) is 1. The van der Waals surface area contributed by atoms with Crippen LogP contribution in [-0.2, 0) is 0 Å². The fourth-order valence-electron chi connectivity index (χ4n) is 2.96. The lowest BCUT2D eigenvalue weighted by Crippen LogP contribution is -2.35. The van der Waals surface area contributed by atoms with Crippen LogP contribution in [0, 0.1) is 6.92 Å². The average Bonchev–Trinajstić information content (AvgIpc) is 2.82. The maximum atomic E-state index is 12.8. The third kappa shape index (κ3) is 2.15. The van der Waals surface area contributed by atoms with Crippen LogP contribution in [0.2, 0.25) is 0 Å². The van der Waals surface area contributed by atoms with Crippen LogP contribution >= 0.6 is 0 Å². The van der Waals surface area contributed by atoms with Gasteiger partial charge in [-0.1, -0.05) is 0 Å². The van der Waals surface area contributed by atoms with Gasteiger partial charge in [0.25, 0.3) is 5.91 Å². The molecule has 4 nitrogen and oxygen atoms in total. The van der Waals surface area contributed by atoms with Gasteiger partial charge < -0.3 is 14.6 Å². The standard InChI is InChI=1S/C16H20N2O2/c1-11-15(16(19)18-8-4-3-5-9-18)13-10-12(20-2)6-7-14(13)17-11/h6-7,10,17H,3-5,8-9H2,1-2H3. The van der Waals surface area contributed by atoms with Gasteiger partial charge in [-0.15, -0.1) is 0 Å². The Kier molecular flexibility index (Phi) is 3.38. The van der Waals surface area contributed by atoms with Crippen LogP contribution in [0.4, 0.5) is 0 Å². The molecule has 0 radical (unpaired) electrons. The van der Waals surface area contributed by atoms with Gasteiger partial charge in [0.2, 0.25) is 0 Å². The third-order valence-corrected chi connectivity index (χ3v) is 4.05. The number of fused-ring (bicyclic) bond motifs is 1. The quantitative estimate of drug-likeness (QED) is 0.913. The van der Waals surface area contributed by atoms with Gasteiger partial charge in [0, 0.05) is 29.7 Å². The first-order chi connectivity index (χ1) is 9.70. The van der Waals surface area contributed by atoms with E-state index in [0.29, 0.717) is 0 Å². The van der Waals surface area contributed by atoms with Crippen molar-refractivity contribution in [1.29, 1.82) is 0 Å². The van der Waals surface area contributed by atoms with Crippen molar-refractivity contribution in [2.24, 2.45) is 0 Å². The molecule has 1 aromatic heterocycles. The van der Waals surface area contributed by atoms with Crippen molar-refractivity contribution >= 4 is 16.8 Å². The number of ether oxygens (including phenoxy) is 1. The molecule has 1 N–H and O–H groups in total. The fourth-order valence-corrected chi connectivity index (χ4v) is 2.96. The minimum atomic E-state index is 0.140. The minimum Gasteiger partial charge on any atom is -0.497 e. The van der Waals surface area contributed by atoms with Gasteiger partial charge >= 0.3 is 0 Å². The van der Waals surface area contributed by atoms with Gasteiger partial charge in [0.15, 0.2) is 0 Å². The largest absolute Gasteiger partial charge is 0.497 e. The smallest absolute Gasteiger partial charge is 0.256 e. The number of hydrogen-bond donors (Lipinski definition) is 1. The molecular formula is C16H20N2O2. The highest BCUT2D eigenvalue weighted by Crippen LogP contribution is 2.28. The predicted octanol–water partition coefficient (Wildman–Crippen LogP) is 3.11. The molecular weight excluding hydrogens is 252 g/mol. The van der Waals surface area contributed by atoms with E-state index in [1.807, 2.05) is 30.0 Å². The molecule has 0 spiro atoms. The van der Waals surface area contributed by atoms with E-state index in [1.165, 1.54) is 6.42 Å². The Balaban J connectivity index is 2.04. The predicted molar refractivity (Wildman–Crippen MR) is 79.3 cm³/mol. The van der Waals surface area contributed by atoms with Crippen molar-refractivity contribution in [3.8, 4) is 5.75 Å². The molecule has 2 aromatic rings. The maximum Gasteiger partial charge on any atom is 0.256 e. The number of aromatic amines is 1. The zero-order chi connectivity index (χ0) is 14.1. The molecule has 1 amide bonds. The lowest BCUT2D eigenvalue weighted by atomic mass is 10.1. The van der Waals surface area contributed by atoms with E-state index in [4.69, 9.17) is 4.74 Å². The first-order valence-corrected chi connectivity index (χ1v) is 7.16. The Bertz CT molecular complexity index is 639. The van der Waals surface area contributed by atoms with Gasteiger partial charge in [0.05, 0.1) is 12.7 Å². The number of carbonyl (C=O) groups is 1. The van der Waals surface area contributed by atoms with Gasteiger partial charge in [-0.05, 0) is 44.4 Å². The number of carbonyl (C=O) groups excluding carboxylic acids is 1. The second kappa shape index (κ2) is 5.19. The van der Waals surface area contributed by atoms with Gasteiger partial charge in [-0.2, -0.15) is 0 Å². The summed E-state index contributed by atoms with van der Waals surface area (Å²) in [6.45, 7) is 3.70. The second-order valence-corrected chi connectivity index (χ2v) is 5.39. The topological polar surface area (TPSA) is 45.3 Å². The van der Waals surface area contributed by atoms with Crippen LogP contribution in [0.3, 0.4) is 0 Å². The Labute approximate surface area is 118 Å². The van der Waals surface area contributed by atoms with Crippen LogP contribution in [-0.4, -0.2) is 36.0 Å². The van der Waals surface area contributed by atoms with Crippen molar-refractivity contribution in [3.05, 3.63) is 29.5 Å². The second-order valence-electron chi connectivity index (χ2n) is 5.39. The van der Waals surface area contributed by atoms with Crippen LogP contribution in [0.15, 0.2) is 18.2 Å². The van der Waals surface area contributed by atoms with Crippen LogP contribution in [0.25, 0.3) is 10.9 Å². The summed E-state index contributed by atoms with van der Waals surface area (Å²) in [6, 6.07) is 5.82. The van der Waals surface area contributed by atoms with E-state index in [9.17, 15) is 4.79 Å². The number of aromatic nitrogens is 1. The highest BCUT2D eigenvalue weighted by molar-refractivity contribution is 6.08. The molecule has 106 valence electrons. The summed E-state index contributed by atoms with van der Waals surface area (Å²) < 4.78 is 5.27. The van der Waals surface area contributed by atoms with E-state index in [-0.39, 0.29) is 5.91 Å². The Morgan fingerprint density at radius 3 is 2.70 bits per heavy atom. The lowest BCUT2D eigenvalue weighted by Gasteiger charge is -2.26. The summed E-state index contributed by atoms with van der Waals surface area (Å²) in [5, 5.41) is 0.956.